The van der Waals surface area contributed by atoms with E-state index in [2.05, 4.69) is 10.4 Å². The fourth-order valence-electron chi connectivity index (χ4n) is 2.29. The lowest BCUT2D eigenvalue weighted by molar-refractivity contribution is 0.0696. The summed E-state index contributed by atoms with van der Waals surface area (Å²) in [6, 6.07) is 13.7. The second-order valence-corrected chi connectivity index (χ2v) is 7.06. The number of hydrogen-bond acceptors (Lipinski definition) is 5. The first kappa shape index (κ1) is 18.3. The van der Waals surface area contributed by atoms with Gasteiger partial charge in [-0.2, -0.15) is 0 Å². The first-order valence-electron chi connectivity index (χ1n) is 7.62. The molecule has 0 atom stereocenters. The minimum atomic E-state index is -4.15. The summed E-state index contributed by atoms with van der Waals surface area (Å²) >= 11 is 0. The van der Waals surface area contributed by atoms with Crippen molar-refractivity contribution in [3.63, 3.8) is 0 Å². The van der Waals surface area contributed by atoms with Crippen molar-refractivity contribution in [2.75, 3.05) is 0 Å². The monoisotopic (exact) mass is 386 g/mol. The lowest BCUT2D eigenvalue weighted by Crippen LogP contribution is -2.42. The Labute approximate surface area is 154 Å². The van der Waals surface area contributed by atoms with Crippen LogP contribution in [0.25, 0.3) is 5.69 Å². The van der Waals surface area contributed by atoms with Crippen LogP contribution in [-0.4, -0.2) is 35.0 Å². The number of hydrazine groups is 1. The molecule has 0 spiro atoms. The van der Waals surface area contributed by atoms with Gasteiger partial charge in [-0.25, -0.2) is 18.2 Å². The summed E-state index contributed by atoms with van der Waals surface area (Å²) in [5.41, 5.74) is 2.70. The van der Waals surface area contributed by atoms with Crippen molar-refractivity contribution in [1.82, 2.24) is 19.8 Å². The van der Waals surface area contributed by atoms with Gasteiger partial charge < -0.3 is 5.11 Å². The topological polar surface area (TPSA) is 130 Å². The Balaban J connectivity index is 1.77. The summed E-state index contributed by atoms with van der Waals surface area (Å²) in [5.74, 6) is -1.99. The number of nitrogens with zero attached hydrogens (tertiary/aromatic N) is 2. The highest BCUT2D eigenvalue weighted by Gasteiger charge is 2.19. The van der Waals surface area contributed by atoms with Crippen LogP contribution in [0.1, 0.15) is 20.8 Å². The van der Waals surface area contributed by atoms with Crippen LogP contribution in [-0.2, 0) is 10.0 Å². The Hall–Kier alpha value is -3.50. The third kappa shape index (κ3) is 4.02. The molecule has 0 bridgehead atoms. The number of imidazole rings is 1. The van der Waals surface area contributed by atoms with E-state index in [9.17, 15) is 18.0 Å². The van der Waals surface area contributed by atoms with Gasteiger partial charge in [0.15, 0.2) is 0 Å². The van der Waals surface area contributed by atoms with Gasteiger partial charge in [0.2, 0.25) is 0 Å². The number of nitrogens with one attached hydrogen (secondary N) is 2. The maximum absolute atomic E-state index is 12.4. The molecule has 3 aromatic rings. The predicted octanol–water partition coefficient (Wildman–Crippen LogP) is 1.19. The molecule has 0 unspecified atom stereocenters. The Morgan fingerprint density at radius 1 is 1.04 bits per heavy atom. The number of carbonyl (C=O) groups excluding carboxylic acids is 1. The average molecular weight is 386 g/mol. The van der Waals surface area contributed by atoms with Crippen molar-refractivity contribution < 1.29 is 23.1 Å². The molecule has 10 heteroatoms. The number of sulfonamides is 1. The van der Waals surface area contributed by atoms with Gasteiger partial charge >= 0.3 is 5.97 Å². The highest BCUT2D eigenvalue weighted by Crippen LogP contribution is 2.12. The van der Waals surface area contributed by atoms with Crippen molar-refractivity contribution in [3.8, 4) is 5.69 Å². The molecule has 0 fully saturated rings. The zero-order valence-corrected chi connectivity index (χ0v) is 14.6. The Bertz CT molecular complexity index is 1090. The maximum atomic E-state index is 12.4. The van der Waals surface area contributed by atoms with Crippen LogP contribution in [0.5, 0.6) is 0 Å². The van der Waals surface area contributed by atoms with Gasteiger partial charge in [-0.3, -0.25) is 14.8 Å². The van der Waals surface area contributed by atoms with Gasteiger partial charge in [0.25, 0.3) is 15.9 Å². The van der Waals surface area contributed by atoms with Crippen LogP contribution >= 0.6 is 0 Å². The molecule has 2 aromatic carbocycles. The van der Waals surface area contributed by atoms with Crippen LogP contribution in [0.3, 0.4) is 0 Å². The van der Waals surface area contributed by atoms with E-state index in [0.717, 1.165) is 6.07 Å². The van der Waals surface area contributed by atoms with Crippen molar-refractivity contribution in [2.24, 2.45) is 0 Å². The first-order chi connectivity index (χ1) is 12.9. The maximum Gasteiger partial charge on any atom is 0.335 e. The standard InChI is InChI=1S/C17H14N4O5S/c22-16(15-10-18-11-21(15)13-6-2-1-3-7-13)19-20-27(25,26)14-8-4-5-12(9-14)17(23)24/h1-11,20H,(H,19,22)(H,23,24). The van der Waals surface area contributed by atoms with Crippen LogP contribution in [0.15, 0.2) is 72.0 Å². The number of aromatic carboxylic acids is 1. The predicted molar refractivity (Wildman–Crippen MR) is 94.8 cm³/mol. The third-order valence-corrected chi connectivity index (χ3v) is 4.84. The largest absolute Gasteiger partial charge is 0.478 e. The average Bonchev–Trinajstić information content (AvgIpc) is 3.17. The minimum absolute atomic E-state index is 0.114. The summed E-state index contributed by atoms with van der Waals surface area (Å²) in [4.78, 5) is 28.9. The van der Waals surface area contributed by atoms with Gasteiger partial charge in [0.05, 0.1) is 23.0 Å². The molecule has 9 nitrogen and oxygen atoms in total. The summed E-state index contributed by atoms with van der Waals surface area (Å²) in [6.07, 6.45) is 2.72. The molecule has 1 aromatic heterocycles. The molecule has 138 valence electrons. The highest BCUT2D eigenvalue weighted by molar-refractivity contribution is 7.89. The van der Waals surface area contributed by atoms with E-state index in [0.29, 0.717) is 5.69 Å². The number of benzene rings is 2. The number of carbonyl (C=O) groups is 2. The second-order valence-electron chi connectivity index (χ2n) is 5.38. The second kappa shape index (κ2) is 7.40. The number of carboxylic acids is 1. The van der Waals surface area contributed by atoms with Gasteiger partial charge in [-0.05, 0) is 30.3 Å². The Morgan fingerprint density at radius 2 is 1.78 bits per heavy atom. The van der Waals surface area contributed by atoms with E-state index in [1.54, 1.807) is 24.3 Å². The van der Waals surface area contributed by atoms with Crippen molar-refractivity contribution >= 4 is 21.9 Å². The molecule has 3 N–H and O–H groups in total. The lowest BCUT2D eigenvalue weighted by Gasteiger charge is -2.10. The van der Waals surface area contributed by atoms with E-state index in [1.807, 2.05) is 10.9 Å². The first-order valence-corrected chi connectivity index (χ1v) is 9.10. The number of rotatable bonds is 6. The van der Waals surface area contributed by atoms with Gasteiger partial charge in [-0.1, -0.05) is 24.3 Å². The van der Waals surface area contributed by atoms with E-state index < -0.39 is 21.9 Å². The number of para-hydroxylation sites is 1. The van der Waals surface area contributed by atoms with Gasteiger partial charge in [0, 0.05) is 5.69 Å². The van der Waals surface area contributed by atoms with E-state index in [4.69, 9.17) is 5.11 Å². The molecular weight excluding hydrogens is 372 g/mol. The van der Waals surface area contributed by atoms with E-state index in [1.165, 1.54) is 35.3 Å². The van der Waals surface area contributed by atoms with Crippen molar-refractivity contribution in [3.05, 3.63) is 78.4 Å². The molecule has 0 aliphatic carbocycles. The third-order valence-electron chi connectivity index (χ3n) is 3.60. The van der Waals surface area contributed by atoms with Crippen molar-refractivity contribution in [2.45, 2.75) is 4.90 Å². The summed E-state index contributed by atoms with van der Waals surface area (Å²) in [6.45, 7) is 0. The van der Waals surface area contributed by atoms with Crippen LogP contribution in [0.2, 0.25) is 0 Å². The highest BCUT2D eigenvalue weighted by atomic mass is 32.2. The fourth-order valence-corrected chi connectivity index (χ4v) is 3.17. The zero-order valence-electron chi connectivity index (χ0n) is 13.7. The lowest BCUT2D eigenvalue weighted by atomic mass is 10.2. The van der Waals surface area contributed by atoms with Crippen LogP contribution in [0.4, 0.5) is 0 Å². The fraction of sp³-hybridized carbons (Fsp3) is 0. The van der Waals surface area contributed by atoms with E-state index >= 15 is 0 Å². The number of carboxylic acid groups (broad SMARTS) is 1. The summed E-state index contributed by atoms with van der Waals surface area (Å²) in [5, 5.41) is 8.96. The zero-order chi connectivity index (χ0) is 19.4. The van der Waals surface area contributed by atoms with E-state index in [-0.39, 0.29) is 16.2 Å². The molecule has 0 aliphatic heterocycles. The van der Waals surface area contributed by atoms with Gasteiger partial charge in [-0.15, -0.1) is 4.83 Å². The SMILES string of the molecule is O=C(O)c1cccc(S(=O)(=O)NNC(=O)c2cncn2-c2ccccc2)c1. The quantitative estimate of drug-likeness (QED) is 0.546. The Kier molecular flexibility index (Phi) is 5.01. The summed E-state index contributed by atoms with van der Waals surface area (Å²) < 4.78 is 26.1. The Morgan fingerprint density at radius 3 is 2.48 bits per heavy atom. The minimum Gasteiger partial charge on any atom is -0.478 e. The molecule has 0 radical (unpaired) electrons. The smallest absolute Gasteiger partial charge is 0.335 e. The number of amides is 1. The van der Waals surface area contributed by atoms with Crippen LogP contribution < -0.4 is 10.3 Å². The molecule has 27 heavy (non-hydrogen) atoms. The van der Waals surface area contributed by atoms with Gasteiger partial charge in [0.1, 0.15) is 5.69 Å². The molecule has 3 rings (SSSR count). The molecule has 0 aliphatic rings. The normalized spacial score (nSPS) is 11.1. The molecule has 1 heterocycles. The molecule has 0 saturated carbocycles. The summed E-state index contributed by atoms with van der Waals surface area (Å²) in [7, 11) is -4.15. The number of aromatic nitrogens is 2. The molecule has 0 saturated heterocycles. The number of hydrogen-bond donors (Lipinski definition) is 3. The molecular formula is C17H14N4O5S. The van der Waals surface area contributed by atoms with Crippen LogP contribution in [0, 0.1) is 0 Å². The van der Waals surface area contributed by atoms with Crippen molar-refractivity contribution in [1.29, 1.82) is 0 Å². The molecule has 1 amide bonds.